The first-order valence-electron chi connectivity index (χ1n) is 5.65. The van der Waals surface area contributed by atoms with Crippen molar-refractivity contribution < 1.29 is 5.11 Å². The minimum Gasteiger partial charge on any atom is -0.386 e. The maximum atomic E-state index is 10.1. The highest BCUT2D eigenvalue weighted by Gasteiger charge is 2.20. The average molecular weight is 298 g/mol. The fourth-order valence-corrected chi connectivity index (χ4v) is 1.96. The third-order valence-electron chi connectivity index (χ3n) is 2.55. The van der Waals surface area contributed by atoms with E-state index in [1.54, 1.807) is 13.8 Å². The van der Waals surface area contributed by atoms with E-state index < -0.39 is 5.60 Å². The van der Waals surface area contributed by atoms with Gasteiger partial charge in [-0.15, -0.1) is 0 Å². The monoisotopic (exact) mass is 297 g/mol. The number of halogens is 2. The van der Waals surface area contributed by atoms with Crippen LogP contribution in [0.2, 0.25) is 10.3 Å². The number of anilines is 2. The Morgan fingerprint density at radius 2 is 1.89 bits per heavy atom. The van der Waals surface area contributed by atoms with Crippen molar-refractivity contribution in [3.05, 3.63) is 46.3 Å². The van der Waals surface area contributed by atoms with Crippen LogP contribution in [0.1, 0.15) is 19.4 Å². The van der Waals surface area contributed by atoms with Crippen molar-refractivity contribution in [2.24, 2.45) is 0 Å². The third kappa shape index (κ3) is 3.35. The first-order valence-corrected chi connectivity index (χ1v) is 6.40. The Morgan fingerprint density at radius 3 is 2.58 bits per heavy atom. The summed E-state index contributed by atoms with van der Waals surface area (Å²) in [6.07, 6.45) is 1.42. The molecule has 2 rings (SSSR count). The molecule has 0 radical (unpaired) electrons. The van der Waals surface area contributed by atoms with Gasteiger partial charge in [0.15, 0.2) is 5.82 Å². The van der Waals surface area contributed by atoms with Gasteiger partial charge in [0.2, 0.25) is 5.28 Å². The summed E-state index contributed by atoms with van der Waals surface area (Å²) in [6, 6.07) is 7.38. The molecule has 0 aliphatic heterocycles. The topological polar surface area (TPSA) is 58.0 Å². The first kappa shape index (κ1) is 14.1. The molecule has 0 saturated heterocycles. The van der Waals surface area contributed by atoms with E-state index in [4.69, 9.17) is 23.2 Å². The molecule has 1 heterocycles. The van der Waals surface area contributed by atoms with Crippen LogP contribution in [-0.4, -0.2) is 15.1 Å². The summed E-state index contributed by atoms with van der Waals surface area (Å²) in [5.74, 6) is 0.401. The second-order valence-corrected chi connectivity index (χ2v) is 5.31. The average Bonchev–Trinajstić information content (AvgIpc) is 2.33. The zero-order valence-electron chi connectivity index (χ0n) is 10.5. The van der Waals surface area contributed by atoms with Crippen LogP contribution < -0.4 is 5.32 Å². The minimum absolute atomic E-state index is 0.104. The Bertz CT molecular complexity index is 597. The van der Waals surface area contributed by atoms with E-state index in [0.717, 1.165) is 5.56 Å². The Balaban J connectivity index is 2.41. The van der Waals surface area contributed by atoms with Gasteiger partial charge in [0.1, 0.15) is 5.02 Å². The molecule has 6 heteroatoms. The number of benzene rings is 1. The van der Waals surface area contributed by atoms with Gasteiger partial charge in [-0.1, -0.05) is 29.8 Å². The highest BCUT2D eigenvalue weighted by atomic mass is 35.5. The lowest BCUT2D eigenvalue weighted by atomic mass is 9.96. The fraction of sp³-hybridized carbons (Fsp3) is 0.231. The molecule has 2 N–H and O–H groups in total. The zero-order valence-corrected chi connectivity index (χ0v) is 12.0. The number of rotatable bonds is 3. The van der Waals surface area contributed by atoms with E-state index in [2.05, 4.69) is 15.3 Å². The zero-order chi connectivity index (χ0) is 14.0. The maximum absolute atomic E-state index is 10.1. The normalized spacial score (nSPS) is 11.4. The lowest BCUT2D eigenvalue weighted by Gasteiger charge is -2.22. The molecule has 4 nitrogen and oxygen atoms in total. The molecule has 0 spiro atoms. The smallest absolute Gasteiger partial charge is 0.224 e. The molecule has 0 amide bonds. The van der Waals surface area contributed by atoms with Gasteiger partial charge in [0.25, 0.3) is 0 Å². The van der Waals surface area contributed by atoms with Gasteiger partial charge in [0, 0.05) is 11.3 Å². The molecule has 0 saturated carbocycles. The van der Waals surface area contributed by atoms with Crippen molar-refractivity contribution in [2.45, 2.75) is 19.4 Å². The second-order valence-electron chi connectivity index (χ2n) is 4.57. The number of hydrogen-bond acceptors (Lipinski definition) is 4. The molecule has 0 aliphatic carbocycles. The lowest BCUT2D eigenvalue weighted by molar-refractivity contribution is 0.0794. The van der Waals surface area contributed by atoms with Crippen molar-refractivity contribution in [1.82, 2.24) is 9.97 Å². The molecule has 0 unspecified atom stereocenters. The van der Waals surface area contributed by atoms with Gasteiger partial charge >= 0.3 is 0 Å². The summed E-state index contributed by atoms with van der Waals surface area (Å²) >= 11 is 11.7. The van der Waals surface area contributed by atoms with Crippen LogP contribution in [0, 0.1) is 0 Å². The molecule has 100 valence electrons. The van der Waals surface area contributed by atoms with Crippen LogP contribution in [0.4, 0.5) is 11.5 Å². The summed E-state index contributed by atoms with van der Waals surface area (Å²) < 4.78 is 0. The van der Waals surface area contributed by atoms with Crippen molar-refractivity contribution in [1.29, 1.82) is 0 Å². The number of para-hydroxylation sites is 1. The minimum atomic E-state index is -0.979. The molecule has 0 bridgehead atoms. The fourth-order valence-electron chi connectivity index (χ4n) is 1.69. The predicted octanol–water partition coefficient (Wildman–Crippen LogP) is 3.75. The quantitative estimate of drug-likeness (QED) is 0.847. The molecule has 0 fully saturated rings. The van der Waals surface area contributed by atoms with Crippen LogP contribution in [0.5, 0.6) is 0 Å². The molecule has 0 atom stereocenters. The van der Waals surface area contributed by atoms with Crippen molar-refractivity contribution in [3.8, 4) is 0 Å². The van der Waals surface area contributed by atoms with Crippen molar-refractivity contribution in [3.63, 3.8) is 0 Å². The third-order valence-corrected chi connectivity index (χ3v) is 3.01. The Kier molecular flexibility index (Phi) is 3.94. The highest BCUT2D eigenvalue weighted by Crippen LogP contribution is 2.31. The predicted molar refractivity (Wildman–Crippen MR) is 77.0 cm³/mol. The van der Waals surface area contributed by atoms with Gasteiger partial charge in [-0.05, 0) is 31.5 Å². The van der Waals surface area contributed by atoms with Crippen LogP contribution in [0.25, 0.3) is 0 Å². The largest absolute Gasteiger partial charge is 0.386 e. The van der Waals surface area contributed by atoms with Gasteiger partial charge in [0.05, 0.1) is 11.8 Å². The maximum Gasteiger partial charge on any atom is 0.224 e. The van der Waals surface area contributed by atoms with E-state index in [1.807, 2.05) is 24.3 Å². The van der Waals surface area contributed by atoms with Crippen molar-refractivity contribution >= 4 is 34.7 Å². The standard InChI is InChI=1S/C13H13Cl2N3O/c1-13(2,19)8-5-3-4-6-10(8)17-11-9(14)7-16-12(15)18-11/h3-7,19H,1-2H3,(H,16,17,18). The van der Waals surface area contributed by atoms with Gasteiger partial charge < -0.3 is 10.4 Å². The summed E-state index contributed by atoms with van der Waals surface area (Å²) in [4.78, 5) is 7.81. The van der Waals surface area contributed by atoms with E-state index in [0.29, 0.717) is 16.5 Å². The molecule has 1 aromatic carbocycles. The van der Waals surface area contributed by atoms with Gasteiger partial charge in [-0.3, -0.25) is 0 Å². The number of nitrogens with zero attached hydrogens (tertiary/aromatic N) is 2. The van der Waals surface area contributed by atoms with Crippen LogP contribution in [0.3, 0.4) is 0 Å². The van der Waals surface area contributed by atoms with E-state index >= 15 is 0 Å². The number of hydrogen-bond donors (Lipinski definition) is 2. The van der Waals surface area contributed by atoms with Crippen molar-refractivity contribution in [2.75, 3.05) is 5.32 Å². The van der Waals surface area contributed by atoms with Crippen LogP contribution >= 0.6 is 23.2 Å². The SMILES string of the molecule is CC(C)(O)c1ccccc1Nc1nc(Cl)ncc1Cl. The van der Waals surface area contributed by atoms with E-state index in [1.165, 1.54) is 6.20 Å². The summed E-state index contributed by atoms with van der Waals surface area (Å²) in [5.41, 5.74) is 0.472. The van der Waals surface area contributed by atoms with E-state index in [9.17, 15) is 5.11 Å². The number of aliphatic hydroxyl groups is 1. The van der Waals surface area contributed by atoms with Crippen LogP contribution in [0.15, 0.2) is 30.5 Å². The Morgan fingerprint density at radius 1 is 1.21 bits per heavy atom. The number of nitrogens with one attached hydrogen (secondary N) is 1. The lowest BCUT2D eigenvalue weighted by Crippen LogP contribution is -2.17. The summed E-state index contributed by atoms with van der Waals surface area (Å²) in [5, 5.41) is 13.7. The molecule has 1 aromatic heterocycles. The highest BCUT2D eigenvalue weighted by molar-refractivity contribution is 6.33. The van der Waals surface area contributed by atoms with Gasteiger partial charge in [-0.2, -0.15) is 4.98 Å². The number of aromatic nitrogens is 2. The molecular weight excluding hydrogens is 285 g/mol. The molecule has 19 heavy (non-hydrogen) atoms. The van der Waals surface area contributed by atoms with Gasteiger partial charge in [-0.25, -0.2) is 4.98 Å². The van der Waals surface area contributed by atoms with Crippen LogP contribution in [-0.2, 0) is 5.60 Å². The Hall–Kier alpha value is -1.36. The summed E-state index contributed by atoms with van der Waals surface area (Å²) in [6.45, 7) is 3.42. The first-order chi connectivity index (χ1) is 8.88. The Labute approximate surface area is 121 Å². The van der Waals surface area contributed by atoms with E-state index in [-0.39, 0.29) is 5.28 Å². The molecular formula is C13H13Cl2N3O. The molecule has 0 aliphatic rings. The summed E-state index contributed by atoms with van der Waals surface area (Å²) in [7, 11) is 0. The second kappa shape index (κ2) is 5.33. The molecule has 2 aromatic rings.